The lowest BCUT2D eigenvalue weighted by molar-refractivity contribution is 0.628. The molecule has 6 rings (SSSR count). The fraction of sp³-hybridized carbons (Fsp3) is 0.107. The number of hydrogen-bond donors (Lipinski definition) is 3. The van der Waals surface area contributed by atoms with Crippen molar-refractivity contribution >= 4 is 27.6 Å². The van der Waals surface area contributed by atoms with Crippen LogP contribution < -0.4 is 5.32 Å². The van der Waals surface area contributed by atoms with Crippen LogP contribution in [0.3, 0.4) is 0 Å². The van der Waals surface area contributed by atoms with Crippen molar-refractivity contribution in [2.24, 2.45) is 0 Å². The Kier molecular flexibility index (Phi) is 5.03. The van der Waals surface area contributed by atoms with Gasteiger partial charge in [-0.15, -0.1) is 0 Å². The van der Waals surface area contributed by atoms with Crippen molar-refractivity contribution in [1.82, 2.24) is 25.1 Å². The maximum atomic E-state index is 13.9. The number of benzene rings is 2. The Labute approximate surface area is 201 Å². The largest absolute Gasteiger partial charge is 0.382 e. The van der Waals surface area contributed by atoms with Crippen LogP contribution in [-0.4, -0.2) is 31.2 Å². The number of halogens is 1. The summed E-state index contributed by atoms with van der Waals surface area (Å²) in [7, 11) is 0. The molecule has 0 unspecified atom stereocenters. The third kappa shape index (κ3) is 3.91. The van der Waals surface area contributed by atoms with E-state index >= 15 is 0 Å². The molecule has 0 fully saturated rings. The zero-order chi connectivity index (χ0) is 23.9. The Hall–Kier alpha value is -4.52. The van der Waals surface area contributed by atoms with Gasteiger partial charge in [0, 0.05) is 52.0 Å². The minimum Gasteiger partial charge on any atom is -0.382 e. The predicted octanol–water partition coefficient (Wildman–Crippen LogP) is 6.79. The monoisotopic (exact) mass is 462 g/mol. The highest BCUT2D eigenvalue weighted by Crippen LogP contribution is 2.35. The number of anilines is 1. The van der Waals surface area contributed by atoms with Crippen molar-refractivity contribution in [3.63, 3.8) is 0 Å². The molecule has 0 aliphatic carbocycles. The summed E-state index contributed by atoms with van der Waals surface area (Å²) in [6, 6.07) is 19.2. The number of fused-ring (bicyclic) bond motifs is 2. The van der Waals surface area contributed by atoms with Crippen molar-refractivity contribution in [2.45, 2.75) is 19.9 Å². The number of nitrogens with zero attached hydrogens (tertiary/aromatic N) is 3. The van der Waals surface area contributed by atoms with E-state index in [1.807, 2.05) is 42.9 Å². The maximum Gasteiger partial charge on any atom is 0.155 e. The van der Waals surface area contributed by atoms with Crippen molar-refractivity contribution in [1.29, 1.82) is 0 Å². The summed E-state index contributed by atoms with van der Waals surface area (Å²) in [4.78, 5) is 12.5. The second kappa shape index (κ2) is 8.36. The van der Waals surface area contributed by atoms with E-state index in [4.69, 9.17) is 0 Å². The summed E-state index contributed by atoms with van der Waals surface area (Å²) in [5.41, 5.74) is 7.99. The van der Waals surface area contributed by atoms with Crippen molar-refractivity contribution in [3.8, 4) is 33.6 Å². The number of aromatic nitrogens is 5. The second-order valence-electron chi connectivity index (χ2n) is 8.91. The maximum absolute atomic E-state index is 13.9. The molecular weight excluding hydrogens is 439 g/mol. The van der Waals surface area contributed by atoms with Gasteiger partial charge >= 0.3 is 0 Å². The Morgan fingerprint density at radius 1 is 0.857 bits per heavy atom. The van der Waals surface area contributed by atoms with Crippen LogP contribution in [0.2, 0.25) is 0 Å². The zero-order valence-corrected chi connectivity index (χ0v) is 19.3. The summed E-state index contributed by atoms with van der Waals surface area (Å²) in [6.07, 6.45) is 5.48. The van der Waals surface area contributed by atoms with Crippen LogP contribution in [0.25, 0.3) is 55.6 Å². The SMILES string of the molecule is CC(C)Nc1cncc(-c2cnc3[nH]nc(-c4cc5c(-c6cccc(F)c6)cccc5[nH]4)c3c2)c1. The number of aromatic amines is 2. The fourth-order valence-electron chi connectivity index (χ4n) is 4.47. The fourth-order valence-corrected chi connectivity index (χ4v) is 4.47. The molecule has 0 aliphatic heterocycles. The molecule has 172 valence electrons. The van der Waals surface area contributed by atoms with E-state index in [1.54, 1.807) is 12.1 Å². The van der Waals surface area contributed by atoms with Gasteiger partial charge in [0.2, 0.25) is 0 Å². The molecule has 0 bridgehead atoms. The van der Waals surface area contributed by atoms with Crippen LogP contribution in [0.1, 0.15) is 13.8 Å². The van der Waals surface area contributed by atoms with Crippen molar-refractivity contribution < 1.29 is 4.39 Å². The van der Waals surface area contributed by atoms with Gasteiger partial charge in [-0.05, 0) is 61.4 Å². The summed E-state index contributed by atoms with van der Waals surface area (Å²) in [6.45, 7) is 4.19. The minimum absolute atomic E-state index is 0.255. The highest BCUT2D eigenvalue weighted by Gasteiger charge is 2.15. The lowest BCUT2D eigenvalue weighted by atomic mass is 10.0. The lowest BCUT2D eigenvalue weighted by Crippen LogP contribution is -2.09. The summed E-state index contributed by atoms with van der Waals surface area (Å²) in [5, 5.41) is 12.9. The van der Waals surface area contributed by atoms with Crippen LogP contribution in [0, 0.1) is 5.82 Å². The standard InChI is InChI=1S/C28H23FN6/c1-16(2)32-21-10-18(13-30-15-21)19-11-24-27(34-35-28(24)31-14-19)26-12-23-22(7-4-8-25(23)33-26)17-5-3-6-20(29)9-17/h3-16,32-33H,1-2H3,(H,31,34,35). The molecule has 0 spiro atoms. The average molecular weight is 463 g/mol. The number of hydrogen-bond acceptors (Lipinski definition) is 4. The number of rotatable bonds is 5. The normalized spacial score (nSPS) is 11.5. The van der Waals surface area contributed by atoms with Crippen LogP contribution in [0.15, 0.2) is 79.3 Å². The number of H-pyrrole nitrogens is 2. The Balaban J connectivity index is 1.45. The lowest BCUT2D eigenvalue weighted by Gasteiger charge is -2.10. The molecule has 0 aliphatic rings. The smallest absolute Gasteiger partial charge is 0.155 e. The second-order valence-corrected chi connectivity index (χ2v) is 8.91. The van der Waals surface area contributed by atoms with E-state index in [9.17, 15) is 4.39 Å². The molecule has 0 amide bonds. The van der Waals surface area contributed by atoms with E-state index in [-0.39, 0.29) is 5.82 Å². The Morgan fingerprint density at radius 3 is 2.57 bits per heavy atom. The van der Waals surface area contributed by atoms with Gasteiger partial charge in [0.1, 0.15) is 11.5 Å². The third-order valence-corrected chi connectivity index (χ3v) is 6.00. The molecule has 2 aromatic carbocycles. The number of nitrogens with one attached hydrogen (secondary N) is 3. The molecule has 4 heterocycles. The summed E-state index contributed by atoms with van der Waals surface area (Å²) < 4.78 is 13.9. The Morgan fingerprint density at radius 2 is 1.71 bits per heavy atom. The Bertz CT molecular complexity index is 1680. The van der Waals surface area contributed by atoms with Crippen LogP contribution in [-0.2, 0) is 0 Å². The van der Waals surface area contributed by atoms with Crippen LogP contribution in [0.5, 0.6) is 0 Å². The van der Waals surface area contributed by atoms with Crippen molar-refractivity contribution in [3.05, 3.63) is 85.1 Å². The molecule has 6 aromatic rings. The molecule has 0 saturated carbocycles. The van der Waals surface area contributed by atoms with Gasteiger partial charge in [0.15, 0.2) is 5.65 Å². The molecule has 7 heteroatoms. The van der Waals surface area contributed by atoms with E-state index in [0.29, 0.717) is 11.7 Å². The van der Waals surface area contributed by atoms with Gasteiger partial charge in [-0.25, -0.2) is 9.37 Å². The molecule has 0 radical (unpaired) electrons. The molecular formula is C28H23FN6. The predicted molar refractivity (Wildman–Crippen MR) is 139 cm³/mol. The van der Waals surface area contributed by atoms with Gasteiger partial charge in [0.25, 0.3) is 0 Å². The van der Waals surface area contributed by atoms with Crippen LogP contribution >= 0.6 is 0 Å². The molecule has 35 heavy (non-hydrogen) atoms. The summed E-state index contributed by atoms with van der Waals surface area (Å²) in [5.74, 6) is -0.255. The first-order chi connectivity index (χ1) is 17.0. The van der Waals surface area contributed by atoms with Crippen LogP contribution in [0.4, 0.5) is 10.1 Å². The average Bonchev–Trinajstić information content (AvgIpc) is 3.47. The first-order valence-electron chi connectivity index (χ1n) is 11.5. The van der Waals surface area contributed by atoms with Gasteiger partial charge < -0.3 is 10.3 Å². The first-order valence-corrected chi connectivity index (χ1v) is 11.5. The minimum atomic E-state index is -0.255. The molecule has 4 aromatic heterocycles. The van der Waals surface area contributed by atoms with Gasteiger partial charge in [-0.1, -0.05) is 24.3 Å². The van der Waals surface area contributed by atoms with E-state index in [2.05, 4.69) is 62.5 Å². The van der Waals surface area contributed by atoms with Gasteiger partial charge in [-0.3, -0.25) is 10.1 Å². The van der Waals surface area contributed by atoms with Crippen molar-refractivity contribution in [2.75, 3.05) is 5.32 Å². The topological polar surface area (TPSA) is 82.3 Å². The molecule has 0 atom stereocenters. The quantitative estimate of drug-likeness (QED) is 0.263. The van der Waals surface area contributed by atoms with E-state index in [0.717, 1.165) is 55.6 Å². The van der Waals surface area contributed by atoms with E-state index < -0.39 is 0 Å². The molecule has 3 N–H and O–H groups in total. The first kappa shape index (κ1) is 21.0. The highest BCUT2D eigenvalue weighted by atomic mass is 19.1. The van der Waals surface area contributed by atoms with E-state index in [1.165, 1.54) is 6.07 Å². The molecule has 0 saturated heterocycles. The van der Waals surface area contributed by atoms with Gasteiger partial charge in [-0.2, -0.15) is 5.10 Å². The molecule has 6 nitrogen and oxygen atoms in total. The summed E-state index contributed by atoms with van der Waals surface area (Å²) >= 11 is 0. The highest BCUT2D eigenvalue weighted by molar-refractivity contribution is 6.01. The number of pyridine rings is 2. The van der Waals surface area contributed by atoms with Gasteiger partial charge in [0.05, 0.1) is 11.4 Å². The zero-order valence-electron chi connectivity index (χ0n) is 19.3. The third-order valence-electron chi connectivity index (χ3n) is 6.00.